The van der Waals surface area contributed by atoms with Crippen LogP contribution < -0.4 is 5.73 Å². The number of pyridine rings is 2. The van der Waals surface area contributed by atoms with Crippen molar-refractivity contribution in [3.63, 3.8) is 0 Å². The number of hydrogen-bond acceptors (Lipinski definition) is 7. The highest BCUT2D eigenvalue weighted by Gasteiger charge is 2.31. The molecule has 1 saturated heterocycles. The topological polar surface area (TPSA) is 114 Å². The lowest BCUT2D eigenvalue weighted by Gasteiger charge is -2.36. The second-order valence-corrected chi connectivity index (χ2v) is 9.35. The van der Waals surface area contributed by atoms with E-state index >= 15 is 0 Å². The largest absolute Gasteiger partial charge is 0.383 e. The van der Waals surface area contributed by atoms with Gasteiger partial charge in [-0.1, -0.05) is 0 Å². The first-order chi connectivity index (χ1) is 17.0. The van der Waals surface area contributed by atoms with Crippen LogP contribution in [0.3, 0.4) is 0 Å². The number of nitrogens with two attached hydrogens (primary N) is 1. The maximum absolute atomic E-state index is 14.0. The zero-order valence-corrected chi connectivity index (χ0v) is 20.0. The Bertz CT molecular complexity index is 1290. The van der Waals surface area contributed by atoms with Crippen molar-refractivity contribution in [3.8, 4) is 6.07 Å². The minimum Gasteiger partial charge on any atom is -0.383 e. The molecule has 1 unspecified atom stereocenters. The van der Waals surface area contributed by atoms with Crippen LogP contribution in [0.5, 0.6) is 0 Å². The molecule has 8 nitrogen and oxygen atoms in total. The lowest BCUT2D eigenvalue weighted by molar-refractivity contribution is 0.0248. The molecule has 0 radical (unpaired) electrons. The molecule has 2 N–H and O–H groups in total. The average Bonchev–Trinajstić information content (AvgIpc) is 3.29. The molecule has 35 heavy (non-hydrogen) atoms. The second kappa shape index (κ2) is 9.61. The molecule has 1 amide bonds. The van der Waals surface area contributed by atoms with E-state index in [9.17, 15) is 4.79 Å². The number of benzene rings is 1. The molecule has 1 aromatic carbocycles. The summed E-state index contributed by atoms with van der Waals surface area (Å²) in [4.78, 5) is 24.9. The maximum Gasteiger partial charge on any atom is 0.254 e. The summed E-state index contributed by atoms with van der Waals surface area (Å²) in [5.74, 6) is 0.763. The van der Waals surface area contributed by atoms with Gasteiger partial charge in [0.15, 0.2) is 0 Å². The first-order valence-electron chi connectivity index (χ1n) is 12.0. The molecular weight excluding hydrogens is 442 g/mol. The fourth-order valence-electron chi connectivity index (χ4n) is 5.18. The molecule has 0 aliphatic carbocycles. The summed E-state index contributed by atoms with van der Waals surface area (Å²) < 4.78 is 11.4. The molecule has 2 aromatic heterocycles. The summed E-state index contributed by atoms with van der Waals surface area (Å²) in [6.07, 6.45) is 3.26. The highest BCUT2D eigenvalue weighted by Crippen LogP contribution is 2.38. The van der Waals surface area contributed by atoms with Gasteiger partial charge in [-0.3, -0.25) is 9.78 Å². The Kier molecular flexibility index (Phi) is 6.37. The summed E-state index contributed by atoms with van der Waals surface area (Å²) in [6.45, 7) is 6.30. The number of amides is 1. The van der Waals surface area contributed by atoms with E-state index in [1.165, 1.54) is 0 Å². The van der Waals surface area contributed by atoms with Gasteiger partial charge in [-0.2, -0.15) is 5.26 Å². The van der Waals surface area contributed by atoms with Gasteiger partial charge in [0.05, 0.1) is 36.0 Å². The lowest BCUT2D eigenvalue weighted by atomic mass is 9.91. The van der Waals surface area contributed by atoms with Crippen molar-refractivity contribution in [1.29, 1.82) is 5.26 Å². The first kappa shape index (κ1) is 23.2. The molecule has 4 heterocycles. The Balaban J connectivity index is 1.51. The number of carbonyl (C=O) groups excluding carboxylic acids is 1. The SMILES string of the molecule is CC(C1CCOCC1)N(Cc1ccc(C#N)cn1)C(=O)c1ccc2nc(N)c3c(c2c1)CO[C@H]3C. The number of rotatable bonds is 5. The quantitative estimate of drug-likeness (QED) is 0.595. The Morgan fingerprint density at radius 2 is 2.09 bits per heavy atom. The molecule has 2 aliphatic heterocycles. The zero-order chi connectivity index (χ0) is 24.5. The Labute approximate surface area is 204 Å². The summed E-state index contributed by atoms with van der Waals surface area (Å²) >= 11 is 0. The van der Waals surface area contributed by atoms with E-state index in [1.807, 2.05) is 36.1 Å². The van der Waals surface area contributed by atoms with Gasteiger partial charge in [0.2, 0.25) is 0 Å². The van der Waals surface area contributed by atoms with Gasteiger partial charge in [-0.05, 0) is 68.5 Å². The lowest BCUT2D eigenvalue weighted by Crippen LogP contribution is -2.44. The maximum atomic E-state index is 14.0. The molecule has 3 aromatic rings. The van der Waals surface area contributed by atoms with Gasteiger partial charge in [-0.25, -0.2) is 4.98 Å². The van der Waals surface area contributed by atoms with Gasteiger partial charge in [0, 0.05) is 42.0 Å². The number of nitriles is 1. The van der Waals surface area contributed by atoms with E-state index in [0.29, 0.717) is 49.2 Å². The first-order valence-corrected chi connectivity index (χ1v) is 12.0. The fraction of sp³-hybridized carbons (Fsp3) is 0.407. The van der Waals surface area contributed by atoms with Crippen LogP contribution in [0.1, 0.15) is 65.5 Å². The smallest absolute Gasteiger partial charge is 0.254 e. The second-order valence-electron chi connectivity index (χ2n) is 9.35. The van der Waals surface area contributed by atoms with Gasteiger partial charge in [0.25, 0.3) is 5.91 Å². The highest BCUT2D eigenvalue weighted by molar-refractivity contribution is 5.99. The van der Waals surface area contributed by atoms with Crippen LogP contribution in [0.4, 0.5) is 5.82 Å². The number of ether oxygens (including phenoxy) is 2. The van der Waals surface area contributed by atoms with Gasteiger partial charge >= 0.3 is 0 Å². The summed E-state index contributed by atoms with van der Waals surface area (Å²) in [7, 11) is 0. The van der Waals surface area contributed by atoms with Crippen molar-refractivity contribution in [2.75, 3.05) is 18.9 Å². The van der Waals surface area contributed by atoms with Crippen LogP contribution in [0.25, 0.3) is 10.9 Å². The molecular formula is C27H29N5O3. The normalized spacial score (nSPS) is 18.7. The molecule has 5 rings (SSSR count). The monoisotopic (exact) mass is 471 g/mol. The molecule has 1 fully saturated rings. The van der Waals surface area contributed by atoms with E-state index < -0.39 is 0 Å². The molecule has 2 aliphatic rings. The minimum atomic E-state index is -0.117. The van der Waals surface area contributed by atoms with E-state index in [4.69, 9.17) is 20.5 Å². The third kappa shape index (κ3) is 4.45. The van der Waals surface area contributed by atoms with Crippen LogP contribution >= 0.6 is 0 Å². The van der Waals surface area contributed by atoms with Crippen molar-refractivity contribution in [2.45, 2.75) is 52.0 Å². The van der Waals surface area contributed by atoms with E-state index in [2.05, 4.69) is 23.0 Å². The Hall–Kier alpha value is -3.54. The third-order valence-corrected chi connectivity index (χ3v) is 7.28. The number of fused-ring (bicyclic) bond motifs is 3. The molecule has 180 valence electrons. The van der Waals surface area contributed by atoms with E-state index in [-0.39, 0.29) is 18.1 Å². The van der Waals surface area contributed by atoms with E-state index in [1.54, 1.807) is 12.3 Å². The van der Waals surface area contributed by atoms with Crippen molar-refractivity contribution in [2.24, 2.45) is 5.92 Å². The number of nitrogens with zero attached hydrogens (tertiary/aromatic N) is 4. The molecule has 0 saturated carbocycles. The number of anilines is 1. The number of carbonyl (C=O) groups is 1. The van der Waals surface area contributed by atoms with Gasteiger partial charge in [0.1, 0.15) is 11.9 Å². The van der Waals surface area contributed by atoms with Crippen LogP contribution in [0.15, 0.2) is 36.5 Å². The third-order valence-electron chi connectivity index (χ3n) is 7.28. The van der Waals surface area contributed by atoms with Crippen LogP contribution in [-0.2, 0) is 22.6 Å². The van der Waals surface area contributed by atoms with Crippen LogP contribution in [0, 0.1) is 17.2 Å². The highest BCUT2D eigenvalue weighted by atomic mass is 16.5. The Morgan fingerprint density at radius 1 is 1.29 bits per heavy atom. The summed E-state index contributed by atoms with van der Waals surface area (Å²) in [5.41, 5.74) is 10.7. The molecule has 2 atom stereocenters. The number of nitrogen functional groups attached to an aromatic ring is 1. The number of hydrogen-bond donors (Lipinski definition) is 1. The van der Waals surface area contributed by atoms with Gasteiger partial charge in [-0.15, -0.1) is 0 Å². The molecule has 8 heteroatoms. The van der Waals surface area contributed by atoms with Crippen molar-refractivity contribution in [3.05, 3.63) is 64.5 Å². The van der Waals surface area contributed by atoms with Crippen molar-refractivity contribution >= 4 is 22.6 Å². The molecule has 0 spiro atoms. The minimum absolute atomic E-state index is 0.00171. The van der Waals surface area contributed by atoms with Crippen molar-refractivity contribution < 1.29 is 14.3 Å². The van der Waals surface area contributed by atoms with Crippen molar-refractivity contribution in [1.82, 2.24) is 14.9 Å². The standard InChI is InChI=1S/C27H29N5O3/c1-16(19-7-9-34-10-8-19)32(14-21-5-3-18(12-28)13-30-21)27(33)20-4-6-24-22(11-20)23-15-35-17(2)25(23)26(29)31-24/h3-6,11,13,16-17,19H,7-10,14-15H2,1-2H3,(H2,29,31)/t16?,17-/m0/s1. The van der Waals surface area contributed by atoms with E-state index in [0.717, 1.165) is 40.6 Å². The molecule has 0 bridgehead atoms. The van der Waals surface area contributed by atoms with Crippen LogP contribution in [-0.4, -0.2) is 40.0 Å². The summed E-state index contributed by atoms with van der Waals surface area (Å²) in [5, 5.41) is 10.0. The van der Waals surface area contributed by atoms with Crippen LogP contribution in [0.2, 0.25) is 0 Å². The number of aromatic nitrogens is 2. The summed E-state index contributed by atoms with van der Waals surface area (Å²) in [6, 6.07) is 11.2. The Morgan fingerprint density at radius 3 is 2.80 bits per heavy atom. The van der Waals surface area contributed by atoms with Gasteiger partial charge < -0.3 is 20.1 Å². The average molecular weight is 472 g/mol. The zero-order valence-electron chi connectivity index (χ0n) is 20.0. The predicted molar refractivity (Wildman–Crippen MR) is 131 cm³/mol. The fourth-order valence-corrected chi connectivity index (χ4v) is 5.18. The predicted octanol–water partition coefficient (Wildman–Crippen LogP) is 4.13.